The van der Waals surface area contributed by atoms with Crippen LogP contribution in [0.2, 0.25) is 0 Å². The molecule has 1 fully saturated rings. The molecule has 0 unspecified atom stereocenters. The summed E-state index contributed by atoms with van der Waals surface area (Å²) in [6.45, 7) is 6.31. The monoisotopic (exact) mass is 182 g/mol. The van der Waals surface area contributed by atoms with Crippen molar-refractivity contribution in [3.63, 3.8) is 0 Å². The van der Waals surface area contributed by atoms with E-state index in [2.05, 4.69) is 19.2 Å². The Hall–Kier alpha value is -0.370. The Morgan fingerprint density at radius 1 is 1.46 bits per heavy atom. The Morgan fingerprint density at radius 2 is 2.08 bits per heavy atom. The van der Waals surface area contributed by atoms with Crippen LogP contribution in [-0.4, -0.2) is 17.8 Å². The average molecular weight is 182 g/mol. The van der Waals surface area contributed by atoms with Gasteiger partial charge in [0.1, 0.15) is 0 Å². The van der Waals surface area contributed by atoms with Crippen LogP contribution in [0.4, 0.5) is 0 Å². The maximum Gasteiger partial charge on any atom is 0.00747 e. The van der Waals surface area contributed by atoms with Crippen LogP contribution in [0.5, 0.6) is 0 Å². The molecule has 13 heavy (non-hydrogen) atoms. The van der Waals surface area contributed by atoms with Crippen molar-refractivity contribution < 1.29 is 0 Å². The van der Waals surface area contributed by atoms with Crippen molar-refractivity contribution in [3.05, 3.63) is 0 Å². The zero-order valence-electron chi connectivity index (χ0n) is 9.06. The highest BCUT2D eigenvalue weighted by atomic mass is 15.0. The number of nitrogens with one attached hydrogen (secondary N) is 2. The van der Waals surface area contributed by atoms with Gasteiger partial charge in [-0.3, -0.25) is 0 Å². The third-order valence-corrected chi connectivity index (χ3v) is 2.73. The molecular formula is C11H22N2. The largest absolute Gasteiger partial charge is 0.312 e. The van der Waals surface area contributed by atoms with E-state index in [0.717, 1.165) is 24.1 Å². The molecule has 0 spiro atoms. The van der Waals surface area contributed by atoms with E-state index >= 15 is 0 Å². The molecule has 2 N–H and O–H groups in total. The van der Waals surface area contributed by atoms with Crippen molar-refractivity contribution in [3.8, 4) is 0 Å². The van der Waals surface area contributed by atoms with Crippen LogP contribution < -0.4 is 5.32 Å². The SMILES string of the molecule is CC(=N)CC[C@H]1C[C@@H](NC(C)C)C1. The first kappa shape index (κ1) is 10.7. The summed E-state index contributed by atoms with van der Waals surface area (Å²) in [5, 5.41) is 10.9. The molecule has 1 saturated carbocycles. The summed E-state index contributed by atoms with van der Waals surface area (Å²) in [5.41, 5.74) is 0.834. The molecule has 0 amide bonds. The molecule has 0 aromatic heterocycles. The van der Waals surface area contributed by atoms with Crippen molar-refractivity contribution in [2.45, 2.75) is 58.5 Å². The summed E-state index contributed by atoms with van der Waals surface area (Å²) in [4.78, 5) is 0. The van der Waals surface area contributed by atoms with E-state index in [1.54, 1.807) is 0 Å². The highest BCUT2D eigenvalue weighted by Crippen LogP contribution is 2.31. The van der Waals surface area contributed by atoms with Crippen molar-refractivity contribution >= 4 is 5.71 Å². The summed E-state index contributed by atoms with van der Waals surface area (Å²) in [5.74, 6) is 0.886. The van der Waals surface area contributed by atoms with Gasteiger partial charge in [-0.25, -0.2) is 0 Å². The number of rotatable bonds is 5. The summed E-state index contributed by atoms with van der Waals surface area (Å²) < 4.78 is 0. The summed E-state index contributed by atoms with van der Waals surface area (Å²) in [6, 6.07) is 1.38. The van der Waals surface area contributed by atoms with Gasteiger partial charge < -0.3 is 10.7 Å². The lowest BCUT2D eigenvalue weighted by Crippen LogP contribution is -2.44. The van der Waals surface area contributed by atoms with Crippen molar-refractivity contribution in [2.75, 3.05) is 0 Å². The van der Waals surface area contributed by atoms with Crippen LogP contribution in [0.25, 0.3) is 0 Å². The lowest BCUT2D eigenvalue weighted by atomic mass is 9.77. The molecule has 0 aromatic rings. The van der Waals surface area contributed by atoms with E-state index in [9.17, 15) is 0 Å². The standard InChI is InChI=1S/C11H22N2/c1-8(2)13-11-6-10(7-11)5-4-9(3)12/h8,10-13H,4-7H2,1-3H3/t10-,11+. The Labute approximate surface area is 81.6 Å². The fourth-order valence-electron chi connectivity index (χ4n) is 2.00. The summed E-state index contributed by atoms with van der Waals surface area (Å²) in [6.07, 6.45) is 4.88. The molecule has 76 valence electrons. The van der Waals surface area contributed by atoms with E-state index in [0.29, 0.717) is 6.04 Å². The molecule has 0 bridgehead atoms. The lowest BCUT2D eigenvalue weighted by Gasteiger charge is -2.37. The first-order valence-corrected chi connectivity index (χ1v) is 5.38. The average Bonchev–Trinajstić information content (AvgIpc) is 1.92. The zero-order chi connectivity index (χ0) is 9.84. The van der Waals surface area contributed by atoms with Crippen LogP contribution >= 0.6 is 0 Å². The predicted octanol–water partition coefficient (Wildman–Crippen LogP) is 2.58. The van der Waals surface area contributed by atoms with Gasteiger partial charge in [0.2, 0.25) is 0 Å². The number of hydrogen-bond donors (Lipinski definition) is 2. The third-order valence-electron chi connectivity index (χ3n) is 2.73. The molecule has 2 heteroatoms. The van der Waals surface area contributed by atoms with Gasteiger partial charge in [-0.15, -0.1) is 0 Å². The quantitative estimate of drug-likeness (QED) is 0.630. The van der Waals surface area contributed by atoms with Crippen LogP contribution in [0.1, 0.15) is 46.5 Å². The minimum Gasteiger partial charge on any atom is -0.312 e. The van der Waals surface area contributed by atoms with Gasteiger partial charge in [0.05, 0.1) is 0 Å². The van der Waals surface area contributed by atoms with Gasteiger partial charge in [0.15, 0.2) is 0 Å². The second-order valence-corrected chi connectivity index (χ2v) is 4.67. The topological polar surface area (TPSA) is 35.9 Å². The van der Waals surface area contributed by atoms with E-state index in [1.165, 1.54) is 19.3 Å². The van der Waals surface area contributed by atoms with Gasteiger partial charge in [0.25, 0.3) is 0 Å². The molecule has 0 atom stereocenters. The molecular weight excluding hydrogens is 160 g/mol. The normalized spacial score (nSPS) is 27.4. The first-order chi connectivity index (χ1) is 6.08. The van der Waals surface area contributed by atoms with Gasteiger partial charge in [-0.05, 0) is 38.5 Å². The second-order valence-electron chi connectivity index (χ2n) is 4.67. The van der Waals surface area contributed by atoms with Gasteiger partial charge in [-0.1, -0.05) is 13.8 Å². The molecule has 0 saturated heterocycles. The Morgan fingerprint density at radius 3 is 2.54 bits per heavy atom. The fraction of sp³-hybridized carbons (Fsp3) is 0.909. The Kier molecular flexibility index (Phi) is 3.91. The molecule has 1 aliphatic carbocycles. The van der Waals surface area contributed by atoms with Crippen molar-refractivity contribution in [1.82, 2.24) is 5.32 Å². The molecule has 0 aromatic carbocycles. The Balaban J connectivity index is 2.02. The smallest absolute Gasteiger partial charge is 0.00747 e. The second kappa shape index (κ2) is 4.75. The third kappa shape index (κ3) is 3.90. The summed E-state index contributed by atoms with van der Waals surface area (Å²) >= 11 is 0. The molecule has 1 aliphatic rings. The van der Waals surface area contributed by atoms with Crippen LogP contribution in [0.15, 0.2) is 0 Å². The lowest BCUT2D eigenvalue weighted by molar-refractivity contribution is 0.203. The van der Waals surface area contributed by atoms with Gasteiger partial charge in [0, 0.05) is 17.8 Å². The fourth-order valence-corrected chi connectivity index (χ4v) is 2.00. The minimum absolute atomic E-state index is 0.621. The van der Waals surface area contributed by atoms with E-state index in [-0.39, 0.29) is 0 Å². The Bertz CT molecular complexity index is 169. The van der Waals surface area contributed by atoms with Crippen LogP contribution in [0.3, 0.4) is 0 Å². The predicted molar refractivity (Wildman–Crippen MR) is 57.4 cm³/mol. The zero-order valence-corrected chi connectivity index (χ0v) is 9.06. The maximum atomic E-state index is 7.33. The van der Waals surface area contributed by atoms with E-state index in [1.807, 2.05) is 6.92 Å². The molecule has 0 radical (unpaired) electrons. The van der Waals surface area contributed by atoms with Crippen LogP contribution in [-0.2, 0) is 0 Å². The van der Waals surface area contributed by atoms with Crippen molar-refractivity contribution in [2.24, 2.45) is 5.92 Å². The molecule has 0 aliphatic heterocycles. The number of hydrogen-bond acceptors (Lipinski definition) is 2. The molecule has 2 nitrogen and oxygen atoms in total. The highest BCUT2D eigenvalue weighted by molar-refractivity contribution is 5.78. The minimum atomic E-state index is 0.621. The van der Waals surface area contributed by atoms with Crippen LogP contribution in [0, 0.1) is 11.3 Å². The van der Waals surface area contributed by atoms with E-state index in [4.69, 9.17) is 5.41 Å². The van der Waals surface area contributed by atoms with Crippen molar-refractivity contribution in [1.29, 1.82) is 5.41 Å². The molecule has 1 rings (SSSR count). The van der Waals surface area contributed by atoms with Gasteiger partial charge >= 0.3 is 0 Å². The molecule has 0 heterocycles. The summed E-state index contributed by atoms with van der Waals surface area (Å²) in [7, 11) is 0. The van der Waals surface area contributed by atoms with Gasteiger partial charge in [-0.2, -0.15) is 0 Å². The van der Waals surface area contributed by atoms with E-state index < -0.39 is 0 Å². The highest BCUT2D eigenvalue weighted by Gasteiger charge is 2.28. The maximum absolute atomic E-state index is 7.33. The first-order valence-electron chi connectivity index (χ1n) is 5.38.